The van der Waals surface area contributed by atoms with Gasteiger partial charge in [-0.2, -0.15) is 0 Å². The first-order valence-electron chi connectivity index (χ1n) is 8.89. The molecule has 5 heteroatoms. The van der Waals surface area contributed by atoms with Crippen LogP contribution in [0.5, 0.6) is 0 Å². The Balaban J connectivity index is 1.83. The maximum atomic E-state index is 12.4. The minimum Gasteiger partial charge on any atom is -0.380 e. The Morgan fingerprint density at radius 3 is 2.56 bits per heavy atom. The zero-order valence-electron chi connectivity index (χ0n) is 15.6. The number of hydrogen-bond donors (Lipinski definition) is 1. The largest absolute Gasteiger partial charge is 0.380 e. The highest BCUT2D eigenvalue weighted by Gasteiger charge is 2.14. The van der Waals surface area contributed by atoms with Gasteiger partial charge in [-0.05, 0) is 37.1 Å². The van der Waals surface area contributed by atoms with E-state index in [2.05, 4.69) is 28.7 Å². The van der Waals surface area contributed by atoms with Gasteiger partial charge < -0.3 is 14.4 Å². The molecule has 0 spiro atoms. The third kappa shape index (κ3) is 3.12. The van der Waals surface area contributed by atoms with Crippen LogP contribution in [0.4, 0.5) is 5.69 Å². The first-order chi connectivity index (χ1) is 13.0. The minimum absolute atomic E-state index is 0.0387. The van der Waals surface area contributed by atoms with E-state index in [1.165, 1.54) is 0 Å². The summed E-state index contributed by atoms with van der Waals surface area (Å²) in [6.45, 7) is 4.50. The van der Waals surface area contributed by atoms with E-state index in [4.69, 9.17) is 4.52 Å². The summed E-state index contributed by atoms with van der Waals surface area (Å²) in [5.41, 5.74) is 5.71. The molecule has 0 amide bonds. The van der Waals surface area contributed by atoms with Crippen LogP contribution in [0.2, 0.25) is 0 Å². The van der Waals surface area contributed by atoms with Crippen LogP contribution < -0.4 is 10.9 Å². The number of pyridine rings is 1. The Kier molecular flexibility index (Phi) is 4.28. The van der Waals surface area contributed by atoms with Crippen LogP contribution in [0, 0.1) is 13.8 Å². The molecule has 0 aliphatic carbocycles. The average molecular weight is 359 g/mol. The van der Waals surface area contributed by atoms with Gasteiger partial charge in [-0.15, -0.1) is 0 Å². The molecule has 0 aliphatic heterocycles. The highest BCUT2D eigenvalue weighted by atomic mass is 16.5. The van der Waals surface area contributed by atoms with Crippen molar-refractivity contribution >= 4 is 16.6 Å². The predicted molar refractivity (Wildman–Crippen MR) is 108 cm³/mol. The first-order valence-corrected chi connectivity index (χ1v) is 8.89. The molecule has 0 fully saturated rings. The van der Waals surface area contributed by atoms with Crippen molar-refractivity contribution in [1.82, 2.24) is 9.72 Å². The number of benzene rings is 2. The zero-order valence-corrected chi connectivity index (χ0v) is 15.6. The zero-order chi connectivity index (χ0) is 19.0. The summed E-state index contributed by atoms with van der Waals surface area (Å²) in [4.78, 5) is 12.4. The van der Waals surface area contributed by atoms with E-state index in [-0.39, 0.29) is 5.56 Å². The Bertz CT molecular complexity index is 1150. The second-order valence-corrected chi connectivity index (χ2v) is 6.73. The number of fused-ring (bicyclic) bond motifs is 1. The van der Waals surface area contributed by atoms with Crippen molar-refractivity contribution < 1.29 is 4.52 Å². The van der Waals surface area contributed by atoms with E-state index in [0.29, 0.717) is 6.54 Å². The van der Waals surface area contributed by atoms with Gasteiger partial charge >= 0.3 is 0 Å². The van der Waals surface area contributed by atoms with E-state index >= 15 is 0 Å². The van der Waals surface area contributed by atoms with Crippen LogP contribution in [-0.2, 0) is 13.6 Å². The number of nitrogens with one attached hydrogen (secondary N) is 1. The van der Waals surface area contributed by atoms with Gasteiger partial charge in [0.1, 0.15) is 5.76 Å². The topological polar surface area (TPSA) is 60.1 Å². The van der Waals surface area contributed by atoms with Crippen molar-refractivity contribution in [3.05, 3.63) is 82.0 Å². The van der Waals surface area contributed by atoms with Gasteiger partial charge in [-0.1, -0.05) is 41.6 Å². The molecule has 0 unspecified atom stereocenters. The second-order valence-electron chi connectivity index (χ2n) is 6.73. The Morgan fingerprint density at radius 1 is 1.07 bits per heavy atom. The summed E-state index contributed by atoms with van der Waals surface area (Å²) < 4.78 is 6.99. The van der Waals surface area contributed by atoms with Gasteiger partial charge in [0.25, 0.3) is 5.56 Å². The molecular formula is C22H21N3O2. The van der Waals surface area contributed by atoms with Crippen LogP contribution in [0.3, 0.4) is 0 Å². The predicted octanol–water partition coefficient (Wildman–Crippen LogP) is 4.42. The average Bonchev–Trinajstić information content (AvgIpc) is 3.02. The summed E-state index contributed by atoms with van der Waals surface area (Å²) in [5.74, 6) is 0.787. The number of nitrogens with zero attached hydrogens (tertiary/aromatic N) is 2. The molecule has 0 aliphatic rings. The molecule has 5 nitrogen and oxygen atoms in total. The van der Waals surface area contributed by atoms with Crippen molar-refractivity contribution in [2.75, 3.05) is 5.32 Å². The first kappa shape index (κ1) is 17.1. The maximum Gasteiger partial charge on any atom is 0.252 e. The van der Waals surface area contributed by atoms with Crippen LogP contribution in [0.1, 0.15) is 17.0 Å². The molecule has 0 saturated carbocycles. The van der Waals surface area contributed by atoms with Gasteiger partial charge in [0, 0.05) is 36.3 Å². The van der Waals surface area contributed by atoms with Crippen molar-refractivity contribution in [2.24, 2.45) is 7.05 Å². The fourth-order valence-electron chi connectivity index (χ4n) is 3.45. The van der Waals surface area contributed by atoms with E-state index in [0.717, 1.165) is 44.7 Å². The lowest BCUT2D eigenvalue weighted by Gasteiger charge is -2.14. The van der Waals surface area contributed by atoms with E-state index in [1.807, 2.05) is 44.2 Å². The molecule has 2 aromatic heterocycles. The molecule has 136 valence electrons. The Morgan fingerprint density at radius 2 is 1.85 bits per heavy atom. The second kappa shape index (κ2) is 6.76. The third-order valence-electron chi connectivity index (χ3n) is 4.89. The third-order valence-corrected chi connectivity index (χ3v) is 4.89. The van der Waals surface area contributed by atoms with Crippen LogP contribution in [0.25, 0.3) is 22.0 Å². The summed E-state index contributed by atoms with van der Waals surface area (Å²) in [6, 6.07) is 17.9. The molecule has 4 rings (SSSR count). The minimum atomic E-state index is -0.0387. The van der Waals surface area contributed by atoms with Crippen molar-refractivity contribution in [1.29, 1.82) is 0 Å². The lowest BCUT2D eigenvalue weighted by molar-refractivity contribution is 0.393. The number of hydrogen-bond acceptors (Lipinski definition) is 4. The molecule has 0 atom stereocenters. The van der Waals surface area contributed by atoms with E-state index in [9.17, 15) is 4.79 Å². The highest BCUT2D eigenvalue weighted by molar-refractivity contribution is 5.95. The SMILES string of the molecule is Cc1noc(C)c1-c1ccc2c(c1)c(NCc1ccccc1)cc(=O)n2C. The normalized spacial score (nSPS) is 11.1. The smallest absolute Gasteiger partial charge is 0.252 e. The van der Waals surface area contributed by atoms with Crippen molar-refractivity contribution in [3.63, 3.8) is 0 Å². The fraction of sp³-hybridized carbons (Fsp3) is 0.182. The maximum absolute atomic E-state index is 12.4. The number of rotatable bonds is 4. The monoisotopic (exact) mass is 359 g/mol. The summed E-state index contributed by atoms with van der Waals surface area (Å²) >= 11 is 0. The molecule has 2 aromatic carbocycles. The van der Waals surface area contributed by atoms with Crippen LogP contribution >= 0.6 is 0 Å². The molecule has 2 heterocycles. The van der Waals surface area contributed by atoms with Crippen LogP contribution in [0.15, 0.2) is 63.9 Å². The summed E-state index contributed by atoms with van der Waals surface area (Å²) in [5, 5.41) is 8.47. The number of aromatic nitrogens is 2. The number of aryl methyl sites for hydroxylation is 3. The quantitative estimate of drug-likeness (QED) is 0.586. The molecule has 4 aromatic rings. The highest BCUT2D eigenvalue weighted by Crippen LogP contribution is 2.31. The molecule has 0 bridgehead atoms. The lowest BCUT2D eigenvalue weighted by Crippen LogP contribution is -2.17. The fourth-order valence-corrected chi connectivity index (χ4v) is 3.45. The van der Waals surface area contributed by atoms with E-state index < -0.39 is 0 Å². The molecular weight excluding hydrogens is 338 g/mol. The van der Waals surface area contributed by atoms with Gasteiger partial charge in [0.15, 0.2) is 0 Å². The molecule has 0 saturated heterocycles. The Labute approximate surface area is 157 Å². The molecule has 27 heavy (non-hydrogen) atoms. The summed E-state index contributed by atoms with van der Waals surface area (Å²) in [6.07, 6.45) is 0. The Hall–Kier alpha value is -3.34. The van der Waals surface area contributed by atoms with Gasteiger partial charge in [-0.3, -0.25) is 4.79 Å². The van der Waals surface area contributed by atoms with Gasteiger partial charge in [0.05, 0.1) is 11.2 Å². The lowest BCUT2D eigenvalue weighted by atomic mass is 10.0. The molecule has 1 N–H and O–H groups in total. The van der Waals surface area contributed by atoms with E-state index in [1.54, 1.807) is 17.7 Å². The van der Waals surface area contributed by atoms with Crippen molar-refractivity contribution in [3.8, 4) is 11.1 Å². The van der Waals surface area contributed by atoms with Gasteiger partial charge in [0.2, 0.25) is 0 Å². The summed E-state index contributed by atoms with van der Waals surface area (Å²) in [7, 11) is 1.79. The van der Waals surface area contributed by atoms with Gasteiger partial charge in [-0.25, -0.2) is 0 Å². The number of anilines is 1. The van der Waals surface area contributed by atoms with Crippen molar-refractivity contribution in [2.45, 2.75) is 20.4 Å². The standard InChI is InChI=1S/C22H21N3O2/c1-14-22(15(2)27-24-14)17-9-10-20-18(11-17)19(12-21(26)25(20)3)23-13-16-7-5-4-6-8-16/h4-12,23H,13H2,1-3H3. The van der Waals surface area contributed by atoms with Crippen LogP contribution in [-0.4, -0.2) is 9.72 Å². The molecule has 0 radical (unpaired) electrons.